The molecular formula is C20H23N5O. The molecule has 1 aromatic carbocycles. The van der Waals surface area contributed by atoms with E-state index in [1.165, 1.54) is 5.56 Å². The van der Waals surface area contributed by atoms with Crippen molar-refractivity contribution < 1.29 is 4.74 Å². The molecule has 1 saturated heterocycles. The molecule has 1 aliphatic rings. The zero-order valence-corrected chi connectivity index (χ0v) is 15.0. The minimum Gasteiger partial charge on any atom is -0.494 e. The molecule has 26 heavy (non-hydrogen) atoms. The van der Waals surface area contributed by atoms with Crippen molar-refractivity contribution in [3.63, 3.8) is 0 Å². The van der Waals surface area contributed by atoms with Gasteiger partial charge in [0.25, 0.3) is 0 Å². The van der Waals surface area contributed by atoms with Crippen LogP contribution in [0.25, 0.3) is 11.0 Å². The van der Waals surface area contributed by atoms with Crippen LogP contribution in [-0.4, -0.2) is 52.6 Å². The Morgan fingerprint density at radius 2 is 1.65 bits per heavy atom. The van der Waals surface area contributed by atoms with Gasteiger partial charge in [0.05, 0.1) is 12.1 Å². The van der Waals surface area contributed by atoms with Crippen molar-refractivity contribution in [1.29, 1.82) is 0 Å². The summed E-state index contributed by atoms with van der Waals surface area (Å²) in [5.41, 5.74) is 3.10. The Morgan fingerprint density at radius 1 is 0.885 bits per heavy atom. The highest BCUT2D eigenvalue weighted by Gasteiger charge is 2.20. The average molecular weight is 349 g/mol. The zero-order valence-electron chi connectivity index (χ0n) is 15.0. The first-order chi connectivity index (χ1) is 12.8. The molecule has 134 valence electrons. The minimum atomic E-state index is 0.702. The third kappa shape index (κ3) is 3.60. The first-order valence-electron chi connectivity index (χ1n) is 9.08. The van der Waals surface area contributed by atoms with Crippen LogP contribution in [-0.2, 0) is 6.54 Å². The van der Waals surface area contributed by atoms with Crippen molar-refractivity contribution in [2.75, 3.05) is 37.7 Å². The van der Waals surface area contributed by atoms with E-state index in [0.717, 1.165) is 55.3 Å². The molecule has 6 heteroatoms. The first-order valence-corrected chi connectivity index (χ1v) is 9.08. The van der Waals surface area contributed by atoms with Gasteiger partial charge < -0.3 is 9.64 Å². The van der Waals surface area contributed by atoms with Crippen LogP contribution < -0.4 is 9.64 Å². The molecule has 0 unspecified atom stereocenters. The molecule has 2 aromatic heterocycles. The zero-order chi connectivity index (χ0) is 17.8. The van der Waals surface area contributed by atoms with Crippen molar-refractivity contribution >= 4 is 16.9 Å². The molecule has 0 atom stereocenters. The molecule has 1 aliphatic heterocycles. The predicted octanol–water partition coefficient (Wildman–Crippen LogP) is 2.75. The molecule has 6 nitrogen and oxygen atoms in total. The second-order valence-corrected chi connectivity index (χ2v) is 6.40. The van der Waals surface area contributed by atoms with Crippen LogP contribution in [0, 0.1) is 0 Å². The maximum atomic E-state index is 5.51. The summed E-state index contributed by atoms with van der Waals surface area (Å²) in [6.07, 6.45) is 5.27. The molecule has 0 spiro atoms. The quantitative estimate of drug-likeness (QED) is 0.706. The molecule has 0 amide bonds. The van der Waals surface area contributed by atoms with Gasteiger partial charge in [-0.2, -0.15) is 0 Å². The smallest absolute Gasteiger partial charge is 0.156 e. The lowest BCUT2D eigenvalue weighted by molar-refractivity contribution is 0.249. The summed E-state index contributed by atoms with van der Waals surface area (Å²) in [5.74, 6) is 1.88. The Labute approximate surface area is 153 Å². The van der Waals surface area contributed by atoms with Gasteiger partial charge in [0.15, 0.2) is 5.82 Å². The van der Waals surface area contributed by atoms with Gasteiger partial charge in [0, 0.05) is 51.3 Å². The number of aromatic nitrogens is 3. The number of hydrogen-bond acceptors (Lipinski definition) is 6. The highest BCUT2D eigenvalue weighted by atomic mass is 16.5. The summed E-state index contributed by atoms with van der Waals surface area (Å²) in [6, 6.07) is 10.3. The Kier molecular flexibility index (Phi) is 4.93. The molecule has 3 aromatic rings. The van der Waals surface area contributed by atoms with E-state index in [1.807, 2.05) is 31.3 Å². The van der Waals surface area contributed by atoms with E-state index in [0.29, 0.717) is 6.61 Å². The molecule has 3 heterocycles. The summed E-state index contributed by atoms with van der Waals surface area (Å²) in [7, 11) is 0. The lowest BCUT2D eigenvalue weighted by Crippen LogP contribution is -2.46. The van der Waals surface area contributed by atoms with Crippen LogP contribution in [0.4, 0.5) is 5.82 Å². The molecular weight excluding hydrogens is 326 g/mol. The van der Waals surface area contributed by atoms with Crippen molar-refractivity contribution in [3.8, 4) is 5.75 Å². The lowest BCUT2D eigenvalue weighted by Gasteiger charge is -2.35. The van der Waals surface area contributed by atoms with Gasteiger partial charge in [0.2, 0.25) is 0 Å². The number of nitrogens with zero attached hydrogens (tertiary/aromatic N) is 5. The van der Waals surface area contributed by atoms with Crippen LogP contribution in [0.15, 0.2) is 48.9 Å². The lowest BCUT2D eigenvalue weighted by atomic mass is 10.2. The maximum absolute atomic E-state index is 5.51. The fourth-order valence-electron chi connectivity index (χ4n) is 3.35. The van der Waals surface area contributed by atoms with Crippen LogP contribution in [0.2, 0.25) is 0 Å². The van der Waals surface area contributed by atoms with Gasteiger partial charge >= 0.3 is 0 Å². The van der Waals surface area contributed by atoms with Gasteiger partial charge in [-0.15, -0.1) is 0 Å². The highest BCUT2D eigenvalue weighted by molar-refractivity contribution is 5.85. The summed E-state index contributed by atoms with van der Waals surface area (Å²) in [4.78, 5) is 18.2. The van der Waals surface area contributed by atoms with E-state index in [4.69, 9.17) is 4.74 Å². The van der Waals surface area contributed by atoms with Crippen molar-refractivity contribution in [3.05, 3.63) is 54.5 Å². The molecule has 1 fully saturated rings. The van der Waals surface area contributed by atoms with Gasteiger partial charge in [-0.3, -0.25) is 9.88 Å². The maximum Gasteiger partial charge on any atom is 0.156 e. The van der Waals surface area contributed by atoms with E-state index >= 15 is 0 Å². The van der Waals surface area contributed by atoms with Crippen molar-refractivity contribution in [2.24, 2.45) is 0 Å². The van der Waals surface area contributed by atoms with Crippen molar-refractivity contribution in [1.82, 2.24) is 19.9 Å². The second kappa shape index (κ2) is 7.66. The van der Waals surface area contributed by atoms with Gasteiger partial charge in [0.1, 0.15) is 11.3 Å². The van der Waals surface area contributed by atoms with Crippen LogP contribution in [0.5, 0.6) is 5.75 Å². The fourth-order valence-corrected chi connectivity index (χ4v) is 3.35. The van der Waals surface area contributed by atoms with E-state index in [2.05, 4.69) is 36.9 Å². The third-order valence-electron chi connectivity index (χ3n) is 4.68. The number of rotatable bonds is 5. The number of pyridine rings is 1. The van der Waals surface area contributed by atoms with Crippen LogP contribution >= 0.6 is 0 Å². The molecule has 0 radical (unpaired) electrons. The number of anilines is 1. The molecule has 4 rings (SSSR count). The number of benzene rings is 1. The Bertz CT molecular complexity index is 854. The predicted molar refractivity (Wildman–Crippen MR) is 102 cm³/mol. The molecule has 0 bridgehead atoms. The average Bonchev–Trinajstić information content (AvgIpc) is 2.70. The van der Waals surface area contributed by atoms with Gasteiger partial charge in [-0.1, -0.05) is 12.1 Å². The Balaban J connectivity index is 1.39. The number of ether oxygens (including phenoxy) is 1. The number of piperazine rings is 1. The number of hydrogen-bond donors (Lipinski definition) is 0. The third-order valence-corrected chi connectivity index (χ3v) is 4.68. The van der Waals surface area contributed by atoms with Crippen molar-refractivity contribution in [2.45, 2.75) is 13.5 Å². The topological polar surface area (TPSA) is 54.4 Å². The molecule has 0 N–H and O–H groups in total. The Morgan fingerprint density at radius 3 is 2.42 bits per heavy atom. The highest BCUT2D eigenvalue weighted by Crippen LogP contribution is 2.22. The van der Waals surface area contributed by atoms with E-state index in [9.17, 15) is 0 Å². The van der Waals surface area contributed by atoms with E-state index in [-0.39, 0.29) is 0 Å². The van der Waals surface area contributed by atoms with Gasteiger partial charge in [-0.25, -0.2) is 9.97 Å². The SMILES string of the molecule is CCOc1ccc(CN2CCN(c3nccc4nccnc34)CC2)cc1. The summed E-state index contributed by atoms with van der Waals surface area (Å²) < 4.78 is 5.51. The number of fused-ring (bicyclic) bond motifs is 1. The minimum absolute atomic E-state index is 0.702. The normalized spacial score (nSPS) is 15.3. The van der Waals surface area contributed by atoms with E-state index in [1.54, 1.807) is 12.4 Å². The summed E-state index contributed by atoms with van der Waals surface area (Å²) in [5, 5.41) is 0. The fraction of sp³-hybridized carbons (Fsp3) is 0.350. The molecule has 0 saturated carbocycles. The van der Waals surface area contributed by atoms with Crippen LogP contribution in [0.3, 0.4) is 0 Å². The monoisotopic (exact) mass is 349 g/mol. The van der Waals surface area contributed by atoms with Crippen LogP contribution in [0.1, 0.15) is 12.5 Å². The first kappa shape index (κ1) is 16.7. The van der Waals surface area contributed by atoms with Gasteiger partial charge in [-0.05, 0) is 30.7 Å². The largest absolute Gasteiger partial charge is 0.494 e. The second-order valence-electron chi connectivity index (χ2n) is 6.40. The standard InChI is InChI=1S/C20H23N5O/c1-2-26-17-5-3-16(4-6-17)15-24-11-13-25(14-12-24)20-19-18(7-8-23-20)21-9-10-22-19/h3-10H,2,11-15H2,1H3. The summed E-state index contributed by atoms with van der Waals surface area (Å²) >= 11 is 0. The Hall–Kier alpha value is -2.73. The molecule has 0 aliphatic carbocycles. The van der Waals surface area contributed by atoms with E-state index < -0.39 is 0 Å². The summed E-state index contributed by atoms with van der Waals surface area (Å²) in [6.45, 7) is 7.57.